The van der Waals surface area contributed by atoms with Gasteiger partial charge >= 0.3 is 0 Å². The molecule has 8 heteroatoms. The Balaban J connectivity index is 0.949. The molecule has 0 saturated heterocycles. The monoisotopic (exact) mass is 851 g/mol. The van der Waals surface area contributed by atoms with E-state index in [0.29, 0.717) is 5.95 Å². The largest absolute Gasteiger partial charge is 0.309 e. The van der Waals surface area contributed by atoms with Gasteiger partial charge in [-0.3, -0.25) is 9.80 Å². The summed E-state index contributed by atoms with van der Waals surface area (Å²) >= 11 is 1.59. The van der Waals surface area contributed by atoms with Crippen LogP contribution < -0.4 is 9.80 Å². The first-order valence-electron chi connectivity index (χ1n) is 21.7. The van der Waals surface area contributed by atoms with Crippen LogP contribution in [0.25, 0.3) is 75.4 Å². The van der Waals surface area contributed by atoms with Crippen LogP contribution in [0.1, 0.15) is 0 Å². The van der Waals surface area contributed by atoms with E-state index in [-0.39, 0.29) is 0 Å². The summed E-state index contributed by atoms with van der Waals surface area (Å²) in [7, 11) is 0. The highest BCUT2D eigenvalue weighted by molar-refractivity contribution is 7.25. The number of hydrogen-bond donors (Lipinski definition) is 0. The molecule has 5 aromatic heterocycles. The van der Waals surface area contributed by atoms with E-state index in [1.807, 2.05) is 12.3 Å². The lowest BCUT2D eigenvalue weighted by atomic mass is 10.1. The molecule has 0 radical (unpaired) electrons. The number of hydrogen-bond acceptors (Lipinski definition) is 6. The molecular formula is C57H37N7S. The zero-order valence-electron chi connectivity index (χ0n) is 34.9. The van der Waals surface area contributed by atoms with Crippen LogP contribution in [0.2, 0.25) is 0 Å². The fraction of sp³-hybridized carbons (Fsp3) is 0. The maximum absolute atomic E-state index is 5.41. The van der Waals surface area contributed by atoms with E-state index in [1.165, 1.54) is 27.1 Å². The molecule has 0 aliphatic rings. The van der Waals surface area contributed by atoms with E-state index in [0.717, 1.165) is 76.9 Å². The van der Waals surface area contributed by atoms with Crippen molar-refractivity contribution in [2.45, 2.75) is 0 Å². The second-order valence-corrected chi connectivity index (χ2v) is 17.1. The Bertz CT molecular complexity index is 3640. The Hall–Kier alpha value is -8.59. The first-order chi connectivity index (χ1) is 32.2. The molecule has 65 heavy (non-hydrogen) atoms. The predicted molar refractivity (Wildman–Crippen MR) is 271 cm³/mol. The van der Waals surface area contributed by atoms with Crippen LogP contribution in [-0.4, -0.2) is 24.1 Å². The van der Waals surface area contributed by atoms with E-state index in [1.54, 1.807) is 11.3 Å². The lowest BCUT2D eigenvalue weighted by Gasteiger charge is -2.24. The van der Waals surface area contributed by atoms with Crippen LogP contribution in [0.4, 0.5) is 34.5 Å². The average molecular weight is 852 g/mol. The summed E-state index contributed by atoms with van der Waals surface area (Å²) in [6.45, 7) is 0. The molecular weight excluding hydrogens is 815 g/mol. The molecule has 5 heterocycles. The molecule has 306 valence electrons. The van der Waals surface area contributed by atoms with Crippen LogP contribution >= 0.6 is 11.3 Å². The highest BCUT2D eigenvalue weighted by atomic mass is 32.1. The van der Waals surface area contributed by atoms with Crippen LogP contribution in [0, 0.1) is 0 Å². The number of nitrogens with zero attached hydrogens (tertiary/aromatic N) is 7. The van der Waals surface area contributed by atoms with Gasteiger partial charge in [0, 0.05) is 67.0 Å². The van der Waals surface area contributed by atoms with Crippen molar-refractivity contribution in [2.24, 2.45) is 0 Å². The number of pyridine rings is 1. The van der Waals surface area contributed by atoms with E-state index in [9.17, 15) is 0 Å². The molecule has 0 aliphatic heterocycles. The van der Waals surface area contributed by atoms with Gasteiger partial charge in [0.05, 0.1) is 27.8 Å². The first-order valence-corrected chi connectivity index (χ1v) is 22.5. The molecule has 0 N–H and O–H groups in total. The van der Waals surface area contributed by atoms with E-state index in [4.69, 9.17) is 15.0 Å². The van der Waals surface area contributed by atoms with Crippen molar-refractivity contribution in [1.82, 2.24) is 24.1 Å². The second-order valence-electron chi connectivity index (χ2n) is 16.1. The Morgan fingerprint density at radius 1 is 0.338 bits per heavy atom. The molecule has 0 fully saturated rings. The van der Waals surface area contributed by atoms with Gasteiger partial charge in [-0.1, -0.05) is 133 Å². The van der Waals surface area contributed by atoms with Crippen molar-refractivity contribution < 1.29 is 0 Å². The van der Waals surface area contributed by atoms with Gasteiger partial charge in [0.15, 0.2) is 0 Å². The highest BCUT2D eigenvalue weighted by Gasteiger charge is 2.23. The summed E-state index contributed by atoms with van der Waals surface area (Å²) in [5.41, 5.74) is 10.8. The van der Waals surface area contributed by atoms with Crippen molar-refractivity contribution in [3.05, 3.63) is 225 Å². The third-order valence-corrected chi connectivity index (χ3v) is 13.4. The Morgan fingerprint density at radius 3 is 1.35 bits per heavy atom. The Morgan fingerprint density at radius 2 is 0.785 bits per heavy atom. The maximum atomic E-state index is 5.41. The minimum atomic E-state index is 0.588. The highest BCUT2D eigenvalue weighted by Crippen LogP contribution is 2.43. The lowest BCUT2D eigenvalue weighted by Crippen LogP contribution is -2.13. The standard InChI is InChI=1S/C57H37N7S/c1-5-17-38(18-6-1)61(42-29-31-46-44-25-13-15-27-50(44)63(52(46)35-42)40-21-9-3-10-22-40)54-34-33-48-49-37-58-57(60-56(49)65-55(48)59-54)62(39-19-7-2-8-20-39)43-30-32-47-45-26-14-16-28-51(45)64(53(47)36-43)41-23-11-4-12-24-41/h1-37H. The fourth-order valence-electron chi connectivity index (χ4n) is 9.51. The van der Waals surface area contributed by atoms with Crippen LogP contribution in [0.5, 0.6) is 0 Å². The predicted octanol–water partition coefficient (Wildman–Crippen LogP) is 15.4. The number of anilines is 6. The summed E-state index contributed by atoms with van der Waals surface area (Å²) in [4.78, 5) is 22.0. The molecule has 0 bridgehead atoms. The first kappa shape index (κ1) is 37.0. The minimum absolute atomic E-state index is 0.588. The molecule has 0 aliphatic carbocycles. The SMILES string of the molecule is c1ccc(N(c2ccc3c4ccccc4n(-c4ccccc4)c3c2)c2ccc3c(n2)sc2nc(N(c4ccccc4)c4ccc5c6ccccc6n(-c6ccccc6)c5c4)ncc23)cc1. The van der Waals surface area contributed by atoms with Gasteiger partial charge < -0.3 is 9.13 Å². The normalized spacial score (nSPS) is 11.7. The number of fused-ring (bicyclic) bond motifs is 9. The molecule has 13 rings (SSSR count). The topological polar surface area (TPSA) is 55.0 Å². The number of para-hydroxylation sites is 6. The molecule has 0 spiro atoms. The quantitative estimate of drug-likeness (QED) is 0.152. The van der Waals surface area contributed by atoms with Crippen LogP contribution in [0.3, 0.4) is 0 Å². The van der Waals surface area contributed by atoms with Gasteiger partial charge in [-0.2, -0.15) is 0 Å². The molecule has 7 nitrogen and oxygen atoms in total. The van der Waals surface area contributed by atoms with Gasteiger partial charge in [-0.05, 0) is 97.1 Å². The second kappa shape index (κ2) is 15.0. The van der Waals surface area contributed by atoms with E-state index in [2.05, 4.69) is 231 Å². The number of aromatic nitrogens is 5. The van der Waals surface area contributed by atoms with Crippen molar-refractivity contribution in [1.29, 1.82) is 0 Å². The van der Waals surface area contributed by atoms with Crippen molar-refractivity contribution >= 4 is 110 Å². The fourth-order valence-corrected chi connectivity index (χ4v) is 10.5. The van der Waals surface area contributed by atoms with Crippen molar-refractivity contribution in [3.63, 3.8) is 0 Å². The third kappa shape index (κ3) is 6.07. The summed E-state index contributed by atoms with van der Waals surface area (Å²) in [6, 6.07) is 77.0. The summed E-state index contributed by atoms with van der Waals surface area (Å²) in [5, 5.41) is 6.81. The van der Waals surface area contributed by atoms with Gasteiger partial charge in [-0.25, -0.2) is 15.0 Å². The summed E-state index contributed by atoms with van der Waals surface area (Å²) in [6.07, 6.45) is 1.96. The Labute approximate surface area is 378 Å². The third-order valence-electron chi connectivity index (χ3n) is 12.4. The number of thiophene rings is 1. The molecule has 8 aromatic carbocycles. The van der Waals surface area contributed by atoms with Crippen molar-refractivity contribution in [2.75, 3.05) is 9.80 Å². The summed E-state index contributed by atoms with van der Waals surface area (Å²) in [5.74, 6) is 1.41. The van der Waals surface area contributed by atoms with Crippen LogP contribution in [-0.2, 0) is 0 Å². The molecule has 0 saturated carbocycles. The van der Waals surface area contributed by atoms with Gasteiger partial charge in [0.2, 0.25) is 5.95 Å². The van der Waals surface area contributed by atoms with Crippen LogP contribution in [0.15, 0.2) is 225 Å². The smallest absolute Gasteiger partial charge is 0.235 e. The van der Waals surface area contributed by atoms with Gasteiger partial charge in [-0.15, -0.1) is 0 Å². The van der Waals surface area contributed by atoms with Gasteiger partial charge in [0.1, 0.15) is 15.5 Å². The van der Waals surface area contributed by atoms with Crippen molar-refractivity contribution in [3.8, 4) is 11.4 Å². The van der Waals surface area contributed by atoms with Gasteiger partial charge in [0.25, 0.3) is 0 Å². The zero-order valence-corrected chi connectivity index (χ0v) is 35.7. The average Bonchev–Trinajstić information content (AvgIpc) is 4.02. The summed E-state index contributed by atoms with van der Waals surface area (Å²) < 4.78 is 4.70. The van der Waals surface area contributed by atoms with E-state index >= 15 is 0 Å². The number of benzene rings is 8. The Kier molecular flexibility index (Phi) is 8.57. The molecule has 0 amide bonds. The molecule has 13 aromatic rings. The number of rotatable bonds is 8. The van der Waals surface area contributed by atoms with E-state index < -0.39 is 0 Å². The zero-order chi connectivity index (χ0) is 42.8. The maximum Gasteiger partial charge on any atom is 0.235 e. The molecule has 0 atom stereocenters. The molecule has 0 unspecified atom stereocenters. The minimum Gasteiger partial charge on any atom is -0.309 e. The lowest BCUT2D eigenvalue weighted by molar-refractivity contribution is 1.11.